The number of likely N-dealkylation sites (N-methyl/N-ethyl adjacent to an activating group) is 1. The molecule has 1 unspecified atom stereocenters. The Bertz CT molecular complexity index is 1940. The van der Waals surface area contributed by atoms with E-state index < -0.39 is 28.8 Å². The Morgan fingerprint density at radius 3 is 2.48 bits per heavy atom. The van der Waals surface area contributed by atoms with Crippen LogP contribution in [0, 0.1) is 18.2 Å². The van der Waals surface area contributed by atoms with Crippen molar-refractivity contribution in [3.63, 3.8) is 0 Å². The molecule has 280 valence electrons. The SMILES string of the molecule is CCc1c([C@](O)(C=O)CC)cc(-c2cc3c4c(c(C)c(F)cc4n2)CCC3NC(=O)C2(COCNC(=O)CNC(=O)CNC)CCC2)n(CC)c1=O. The number of aryl methyl sites for hydroxylation is 1. The average Bonchev–Trinajstić information content (AvgIpc) is 3.11. The van der Waals surface area contributed by atoms with Gasteiger partial charge < -0.3 is 35.7 Å². The number of aromatic nitrogens is 2. The number of pyridine rings is 2. The molecule has 0 radical (unpaired) electrons. The van der Waals surface area contributed by atoms with Crippen LogP contribution in [0.2, 0.25) is 0 Å². The zero-order valence-electron chi connectivity index (χ0n) is 30.5. The third-order valence-corrected chi connectivity index (χ3v) is 10.7. The zero-order valence-corrected chi connectivity index (χ0v) is 30.5. The van der Waals surface area contributed by atoms with Crippen molar-refractivity contribution in [2.75, 3.05) is 33.5 Å². The van der Waals surface area contributed by atoms with Crippen LogP contribution in [0.1, 0.15) is 86.7 Å². The van der Waals surface area contributed by atoms with Crippen molar-refractivity contribution in [2.24, 2.45) is 5.41 Å². The highest BCUT2D eigenvalue weighted by molar-refractivity contribution is 5.92. The highest BCUT2D eigenvalue weighted by Gasteiger charge is 2.45. The molecule has 3 amide bonds. The second-order valence-electron chi connectivity index (χ2n) is 13.8. The molecule has 5 N–H and O–H groups in total. The summed E-state index contributed by atoms with van der Waals surface area (Å²) < 4.78 is 22.6. The van der Waals surface area contributed by atoms with E-state index in [9.17, 15) is 29.1 Å². The second kappa shape index (κ2) is 16.0. The molecule has 0 spiro atoms. The maximum Gasteiger partial charge on any atom is 0.254 e. The Balaban J connectivity index is 1.47. The van der Waals surface area contributed by atoms with E-state index in [1.165, 1.54) is 6.07 Å². The number of carbonyl (C=O) groups excluding carboxylic acids is 4. The van der Waals surface area contributed by atoms with Crippen molar-refractivity contribution in [2.45, 2.75) is 90.8 Å². The van der Waals surface area contributed by atoms with Crippen molar-refractivity contribution in [3.8, 4) is 11.4 Å². The highest BCUT2D eigenvalue weighted by atomic mass is 19.1. The van der Waals surface area contributed by atoms with Gasteiger partial charge >= 0.3 is 0 Å². The van der Waals surface area contributed by atoms with Gasteiger partial charge in [0.05, 0.1) is 48.1 Å². The first-order valence-electron chi connectivity index (χ1n) is 18.0. The number of rotatable bonds is 16. The molecule has 5 rings (SSSR count). The fourth-order valence-electron chi connectivity index (χ4n) is 7.37. The van der Waals surface area contributed by atoms with Crippen LogP contribution in [0.4, 0.5) is 4.39 Å². The average molecular weight is 721 g/mol. The van der Waals surface area contributed by atoms with Gasteiger partial charge in [-0.05, 0) is 88.2 Å². The summed E-state index contributed by atoms with van der Waals surface area (Å²) in [5.74, 6) is -1.33. The Morgan fingerprint density at radius 1 is 1.13 bits per heavy atom. The molecule has 2 atom stereocenters. The monoisotopic (exact) mass is 720 g/mol. The minimum atomic E-state index is -1.88. The number of aliphatic hydroxyl groups is 1. The van der Waals surface area contributed by atoms with Gasteiger partial charge in [0.1, 0.15) is 18.1 Å². The number of aldehydes is 1. The summed E-state index contributed by atoms with van der Waals surface area (Å²) in [6.07, 6.45) is 3.86. The topological polar surface area (TPSA) is 181 Å². The lowest BCUT2D eigenvalue weighted by atomic mass is 9.68. The third kappa shape index (κ3) is 7.37. The molecule has 1 saturated carbocycles. The predicted molar refractivity (Wildman–Crippen MR) is 193 cm³/mol. The number of nitrogens with one attached hydrogen (secondary N) is 4. The van der Waals surface area contributed by atoms with Gasteiger partial charge in [0, 0.05) is 29.1 Å². The molecular formula is C38H49FN6O7. The van der Waals surface area contributed by atoms with E-state index in [4.69, 9.17) is 9.72 Å². The molecule has 2 aliphatic carbocycles. The van der Waals surface area contributed by atoms with Crippen LogP contribution in [0.3, 0.4) is 0 Å². The lowest BCUT2D eigenvalue weighted by Crippen LogP contribution is -2.50. The number of ether oxygens (including phenoxy) is 1. The highest BCUT2D eigenvalue weighted by Crippen LogP contribution is 2.44. The molecule has 0 bridgehead atoms. The van der Waals surface area contributed by atoms with Gasteiger partial charge in [-0.15, -0.1) is 0 Å². The number of amides is 3. The normalized spacial score (nSPS) is 17.2. The van der Waals surface area contributed by atoms with E-state index >= 15 is 4.39 Å². The fraction of sp³-hybridized carbons (Fsp3) is 0.526. The van der Waals surface area contributed by atoms with Crippen molar-refractivity contribution >= 4 is 34.9 Å². The number of halogens is 1. The van der Waals surface area contributed by atoms with Gasteiger partial charge in [0.2, 0.25) is 17.7 Å². The van der Waals surface area contributed by atoms with Crippen molar-refractivity contribution < 1.29 is 33.4 Å². The van der Waals surface area contributed by atoms with E-state index in [0.29, 0.717) is 66.4 Å². The first kappa shape index (κ1) is 38.7. The third-order valence-electron chi connectivity index (χ3n) is 10.7. The van der Waals surface area contributed by atoms with Crippen LogP contribution in [0.15, 0.2) is 23.0 Å². The van der Waals surface area contributed by atoms with E-state index in [1.54, 1.807) is 38.5 Å². The molecule has 0 aliphatic heterocycles. The van der Waals surface area contributed by atoms with Crippen LogP contribution < -0.4 is 26.8 Å². The Hall–Kier alpha value is -4.53. The summed E-state index contributed by atoms with van der Waals surface area (Å²) in [6, 6.07) is 4.37. The molecule has 2 aromatic heterocycles. The molecule has 52 heavy (non-hydrogen) atoms. The number of benzene rings is 1. The number of hydrogen-bond acceptors (Lipinski definition) is 9. The lowest BCUT2D eigenvalue weighted by molar-refractivity contribution is -0.143. The first-order chi connectivity index (χ1) is 24.9. The van der Waals surface area contributed by atoms with Crippen LogP contribution in [0.25, 0.3) is 22.3 Å². The van der Waals surface area contributed by atoms with Gasteiger partial charge in [-0.2, -0.15) is 0 Å². The number of hydrogen-bond donors (Lipinski definition) is 5. The zero-order chi connectivity index (χ0) is 37.8. The van der Waals surface area contributed by atoms with Crippen LogP contribution >= 0.6 is 0 Å². The summed E-state index contributed by atoms with van der Waals surface area (Å²) in [6.45, 7) is 7.15. The van der Waals surface area contributed by atoms with Crippen molar-refractivity contribution in [1.29, 1.82) is 0 Å². The molecule has 2 heterocycles. The van der Waals surface area contributed by atoms with Crippen molar-refractivity contribution in [1.82, 2.24) is 30.8 Å². The predicted octanol–water partition coefficient (Wildman–Crippen LogP) is 2.59. The van der Waals surface area contributed by atoms with Gasteiger partial charge in [-0.25, -0.2) is 9.37 Å². The minimum Gasteiger partial charge on any atom is -0.378 e. The van der Waals surface area contributed by atoms with Crippen molar-refractivity contribution in [3.05, 3.63) is 62.2 Å². The van der Waals surface area contributed by atoms with Crippen LogP contribution in [0.5, 0.6) is 0 Å². The van der Waals surface area contributed by atoms with E-state index in [1.807, 2.05) is 13.0 Å². The summed E-state index contributed by atoms with van der Waals surface area (Å²) >= 11 is 0. The number of nitrogens with zero attached hydrogens (tertiary/aromatic N) is 2. The molecule has 1 aromatic carbocycles. The smallest absolute Gasteiger partial charge is 0.254 e. The van der Waals surface area contributed by atoms with Gasteiger partial charge in [-0.3, -0.25) is 24.0 Å². The van der Waals surface area contributed by atoms with E-state index in [0.717, 1.165) is 22.9 Å². The van der Waals surface area contributed by atoms with Crippen LogP contribution in [-0.4, -0.2) is 72.1 Å². The summed E-state index contributed by atoms with van der Waals surface area (Å²) in [5, 5.41) is 23.1. The molecule has 1 fully saturated rings. The first-order valence-corrected chi connectivity index (χ1v) is 18.0. The summed E-state index contributed by atoms with van der Waals surface area (Å²) in [4.78, 5) is 68.6. The molecular weight excluding hydrogens is 671 g/mol. The quantitative estimate of drug-likeness (QED) is 0.0845. The molecule has 13 nitrogen and oxygen atoms in total. The summed E-state index contributed by atoms with van der Waals surface area (Å²) in [5.41, 5.74) is 0.689. The second-order valence-corrected chi connectivity index (χ2v) is 13.8. The molecule has 2 aliphatic rings. The minimum absolute atomic E-state index is 0.0594. The molecule has 14 heteroatoms. The Kier molecular flexibility index (Phi) is 11.9. The van der Waals surface area contributed by atoms with Gasteiger partial charge in [-0.1, -0.05) is 20.3 Å². The largest absolute Gasteiger partial charge is 0.378 e. The maximum atomic E-state index is 15.3. The van der Waals surface area contributed by atoms with E-state index in [2.05, 4.69) is 21.3 Å². The molecule has 3 aromatic rings. The summed E-state index contributed by atoms with van der Waals surface area (Å²) in [7, 11) is 1.63. The number of carbonyl (C=O) groups is 4. The van der Waals surface area contributed by atoms with Crippen LogP contribution in [-0.2, 0) is 48.9 Å². The lowest BCUT2D eigenvalue weighted by Gasteiger charge is -2.41. The Labute approximate surface area is 302 Å². The van der Waals surface area contributed by atoms with Gasteiger partial charge in [0.25, 0.3) is 5.56 Å². The maximum absolute atomic E-state index is 15.3. The van der Waals surface area contributed by atoms with Gasteiger partial charge in [0.15, 0.2) is 6.29 Å². The standard InChI is InChI=1S/C38H49FN6O7/c1-6-23-26(38(51,7-2)19-46)15-31(45(8-3)35(23)49)29-14-25-28(11-10-24-22(4)27(39)16-30(43-29)34(24)25)44-36(50)37(12-9-13-37)20-52-21-42-33(48)18-41-32(47)17-40-5/h14-16,19,28,40,51H,6-13,17-18,20-21H2,1-5H3,(H,41,47)(H,42,48)(H,44,50)/t28?,38-/m1/s1. The Morgan fingerprint density at radius 2 is 1.87 bits per heavy atom. The van der Waals surface area contributed by atoms with E-state index in [-0.39, 0.29) is 62.3 Å². The fourth-order valence-corrected chi connectivity index (χ4v) is 7.37. The molecule has 0 saturated heterocycles.